The van der Waals surface area contributed by atoms with E-state index in [4.69, 9.17) is 0 Å². The van der Waals surface area contributed by atoms with E-state index in [1.807, 2.05) is 24.8 Å². The number of rotatable bonds is 7. The number of hydrogen-bond acceptors (Lipinski definition) is 4. The van der Waals surface area contributed by atoms with Gasteiger partial charge in [0.15, 0.2) is 0 Å². The molecule has 0 bridgehead atoms. The first-order chi connectivity index (χ1) is 10.4. The van der Waals surface area contributed by atoms with Gasteiger partial charge in [-0.3, -0.25) is 9.97 Å². The van der Waals surface area contributed by atoms with Crippen molar-refractivity contribution in [3.63, 3.8) is 0 Å². The predicted octanol–water partition coefficient (Wildman–Crippen LogP) is 2.76. The predicted molar refractivity (Wildman–Crippen MR) is 85.1 cm³/mol. The Bertz CT molecular complexity index is 566. The summed E-state index contributed by atoms with van der Waals surface area (Å²) in [4.78, 5) is 10.8. The highest BCUT2D eigenvalue weighted by Crippen LogP contribution is 2.24. The van der Waals surface area contributed by atoms with E-state index in [0.717, 1.165) is 25.7 Å². The van der Waals surface area contributed by atoms with Gasteiger partial charge in [-0.25, -0.2) is 0 Å². The monoisotopic (exact) mass is 282 g/mol. The van der Waals surface area contributed by atoms with Crippen LogP contribution in [-0.4, -0.2) is 22.6 Å². The molecule has 0 saturated heterocycles. The summed E-state index contributed by atoms with van der Waals surface area (Å²) >= 11 is 0. The zero-order chi connectivity index (χ0) is 14.5. The zero-order valence-electron chi connectivity index (χ0n) is 12.5. The highest BCUT2D eigenvalue weighted by molar-refractivity contribution is 5.52. The molecule has 0 atom stereocenters. The molecule has 1 aliphatic carbocycles. The average molecular weight is 282 g/mol. The van der Waals surface area contributed by atoms with Crippen molar-refractivity contribution in [2.45, 2.75) is 38.9 Å². The van der Waals surface area contributed by atoms with Crippen LogP contribution in [0.5, 0.6) is 0 Å². The molecular weight excluding hydrogens is 260 g/mol. The average Bonchev–Trinajstić information content (AvgIpc) is 3.36. The Morgan fingerprint density at radius 1 is 1.14 bits per heavy atom. The third-order valence-corrected chi connectivity index (χ3v) is 3.89. The topological polar surface area (TPSA) is 41.1 Å². The summed E-state index contributed by atoms with van der Waals surface area (Å²) in [7, 11) is 0. The van der Waals surface area contributed by atoms with Crippen molar-refractivity contribution >= 4 is 5.69 Å². The minimum Gasteiger partial charge on any atom is -0.366 e. The number of nitrogens with zero attached hydrogens (tertiary/aromatic N) is 3. The van der Waals surface area contributed by atoms with Crippen molar-refractivity contribution in [2.24, 2.45) is 0 Å². The molecule has 0 amide bonds. The van der Waals surface area contributed by atoms with Crippen molar-refractivity contribution < 1.29 is 0 Å². The van der Waals surface area contributed by atoms with Gasteiger partial charge in [0.25, 0.3) is 0 Å². The molecule has 110 valence electrons. The fraction of sp³-hybridized carbons (Fsp3) is 0.412. The van der Waals surface area contributed by atoms with Gasteiger partial charge in [-0.05, 0) is 49.1 Å². The molecular formula is C17H22N4. The third kappa shape index (κ3) is 3.79. The molecule has 0 unspecified atom stereocenters. The van der Waals surface area contributed by atoms with Crippen LogP contribution < -0.4 is 10.2 Å². The Hall–Kier alpha value is -1.94. The van der Waals surface area contributed by atoms with Crippen molar-refractivity contribution in [2.75, 3.05) is 11.4 Å². The number of hydrogen-bond donors (Lipinski definition) is 1. The smallest absolute Gasteiger partial charge is 0.0601 e. The Balaban J connectivity index is 1.75. The number of nitrogens with one attached hydrogen (secondary N) is 1. The van der Waals surface area contributed by atoms with Crippen molar-refractivity contribution in [3.05, 3.63) is 54.1 Å². The van der Waals surface area contributed by atoms with Gasteiger partial charge in [-0.2, -0.15) is 0 Å². The molecule has 1 N–H and O–H groups in total. The summed E-state index contributed by atoms with van der Waals surface area (Å²) in [5, 5.41) is 3.59. The standard InChI is InChI=1S/C17H22N4/c1-2-21(13-14-5-8-18-9-6-14)17-12-19-10-7-15(17)11-20-16-3-4-16/h5-10,12,16,20H,2-4,11,13H2,1H3. The molecule has 1 aliphatic rings. The van der Waals surface area contributed by atoms with E-state index in [1.165, 1.54) is 29.7 Å². The minimum atomic E-state index is 0.723. The van der Waals surface area contributed by atoms with Gasteiger partial charge in [0.1, 0.15) is 0 Å². The Labute approximate surface area is 126 Å². The van der Waals surface area contributed by atoms with E-state index in [-0.39, 0.29) is 0 Å². The number of anilines is 1. The van der Waals surface area contributed by atoms with Crippen LogP contribution >= 0.6 is 0 Å². The van der Waals surface area contributed by atoms with Gasteiger partial charge in [-0.1, -0.05) is 0 Å². The molecule has 2 heterocycles. The van der Waals surface area contributed by atoms with Crippen LogP contribution in [0.4, 0.5) is 5.69 Å². The van der Waals surface area contributed by atoms with Gasteiger partial charge in [0, 0.05) is 44.3 Å². The number of aromatic nitrogens is 2. The lowest BCUT2D eigenvalue weighted by molar-refractivity contribution is 0.682. The first-order valence-electron chi connectivity index (χ1n) is 7.67. The summed E-state index contributed by atoms with van der Waals surface area (Å²) < 4.78 is 0. The Kier molecular flexibility index (Phi) is 4.46. The lowest BCUT2D eigenvalue weighted by Gasteiger charge is -2.25. The summed E-state index contributed by atoms with van der Waals surface area (Å²) in [5.41, 5.74) is 3.83. The maximum atomic E-state index is 4.32. The van der Waals surface area contributed by atoms with Crippen LogP contribution in [0.2, 0.25) is 0 Å². The molecule has 2 aromatic heterocycles. The van der Waals surface area contributed by atoms with Crippen LogP contribution in [0.3, 0.4) is 0 Å². The molecule has 0 spiro atoms. The lowest BCUT2D eigenvalue weighted by atomic mass is 10.1. The molecule has 0 radical (unpaired) electrons. The largest absolute Gasteiger partial charge is 0.366 e. The molecule has 4 nitrogen and oxygen atoms in total. The van der Waals surface area contributed by atoms with E-state index < -0.39 is 0 Å². The maximum absolute atomic E-state index is 4.32. The van der Waals surface area contributed by atoms with E-state index in [1.54, 1.807) is 0 Å². The molecule has 3 rings (SSSR count). The summed E-state index contributed by atoms with van der Waals surface area (Å²) in [5.74, 6) is 0. The minimum absolute atomic E-state index is 0.723. The van der Waals surface area contributed by atoms with Crippen LogP contribution in [0.25, 0.3) is 0 Å². The second kappa shape index (κ2) is 6.68. The first-order valence-corrected chi connectivity index (χ1v) is 7.67. The molecule has 0 aromatic carbocycles. The summed E-state index contributed by atoms with van der Waals surface area (Å²) in [6.07, 6.45) is 10.2. The Morgan fingerprint density at radius 3 is 2.62 bits per heavy atom. The Morgan fingerprint density at radius 2 is 1.90 bits per heavy atom. The van der Waals surface area contributed by atoms with Crippen molar-refractivity contribution in [1.29, 1.82) is 0 Å². The normalized spacial score (nSPS) is 14.1. The van der Waals surface area contributed by atoms with Crippen LogP contribution in [0.1, 0.15) is 30.9 Å². The molecule has 4 heteroatoms. The fourth-order valence-corrected chi connectivity index (χ4v) is 2.47. The summed E-state index contributed by atoms with van der Waals surface area (Å²) in [6.45, 7) is 4.97. The lowest BCUT2D eigenvalue weighted by Crippen LogP contribution is -2.25. The number of pyridine rings is 2. The molecule has 1 saturated carbocycles. The van der Waals surface area contributed by atoms with Gasteiger partial charge < -0.3 is 10.2 Å². The SMILES string of the molecule is CCN(Cc1ccncc1)c1cnccc1CNC1CC1. The second-order valence-electron chi connectivity index (χ2n) is 5.53. The van der Waals surface area contributed by atoms with Gasteiger partial charge in [0.2, 0.25) is 0 Å². The van der Waals surface area contributed by atoms with Crippen molar-refractivity contribution in [3.8, 4) is 0 Å². The van der Waals surface area contributed by atoms with E-state index in [2.05, 4.69) is 45.3 Å². The maximum Gasteiger partial charge on any atom is 0.0601 e. The van der Waals surface area contributed by atoms with Gasteiger partial charge in [-0.15, -0.1) is 0 Å². The molecule has 21 heavy (non-hydrogen) atoms. The van der Waals surface area contributed by atoms with Gasteiger partial charge in [0.05, 0.1) is 11.9 Å². The van der Waals surface area contributed by atoms with E-state index in [9.17, 15) is 0 Å². The summed E-state index contributed by atoms with van der Waals surface area (Å²) in [6, 6.07) is 6.99. The van der Waals surface area contributed by atoms with E-state index >= 15 is 0 Å². The molecule has 0 aliphatic heterocycles. The zero-order valence-corrected chi connectivity index (χ0v) is 12.5. The van der Waals surface area contributed by atoms with Crippen LogP contribution in [-0.2, 0) is 13.1 Å². The quantitative estimate of drug-likeness (QED) is 0.848. The van der Waals surface area contributed by atoms with E-state index in [0.29, 0.717) is 0 Å². The van der Waals surface area contributed by atoms with Crippen LogP contribution in [0.15, 0.2) is 43.0 Å². The van der Waals surface area contributed by atoms with Crippen molar-refractivity contribution in [1.82, 2.24) is 15.3 Å². The third-order valence-electron chi connectivity index (χ3n) is 3.89. The highest BCUT2D eigenvalue weighted by Gasteiger charge is 2.21. The molecule has 2 aromatic rings. The highest BCUT2D eigenvalue weighted by atomic mass is 15.1. The van der Waals surface area contributed by atoms with Crippen LogP contribution in [0, 0.1) is 0 Å². The first kappa shape index (κ1) is 14.0. The van der Waals surface area contributed by atoms with Gasteiger partial charge >= 0.3 is 0 Å². The molecule has 1 fully saturated rings. The second-order valence-corrected chi connectivity index (χ2v) is 5.53. The fourth-order valence-electron chi connectivity index (χ4n) is 2.47.